The Morgan fingerprint density at radius 2 is 2.12 bits per heavy atom. The zero-order valence-corrected chi connectivity index (χ0v) is 10.1. The van der Waals surface area contributed by atoms with Crippen molar-refractivity contribution in [3.8, 4) is 0 Å². The van der Waals surface area contributed by atoms with Crippen molar-refractivity contribution in [2.45, 2.75) is 50.4 Å². The molecule has 0 bridgehead atoms. The average molecular weight is 242 g/mol. The fraction of sp³-hybridized carbons (Fsp3) is 0.917. The van der Waals surface area contributed by atoms with E-state index in [1.807, 2.05) is 0 Å². The van der Waals surface area contributed by atoms with Crippen LogP contribution in [0.3, 0.4) is 0 Å². The summed E-state index contributed by atoms with van der Waals surface area (Å²) in [6.07, 6.45) is 4.45. The van der Waals surface area contributed by atoms with Crippen molar-refractivity contribution in [2.24, 2.45) is 11.7 Å². The molecule has 1 saturated heterocycles. The van der Waals surface area contributed by atoms with Crippen molar-refractivity contribution in [2.75, 3.05) is 13.2 Å². The molecule has 5 nitrogen and oxygen atoms in total. The molecule has 0 aromatic heterocycles. The number of rotatable bonds is 5. The number of aliphatic hydroxyl groups is 1. The van der Waals surface area contributed by atoms with Crippen molar-refractivity contribution >= 4 is 5.91 Å². The van der Waals surface area contributed by atoms with Crippen LogP contribution in [0.5, 0.6) is 0 Å². The smallest absolute Gasteiger partial charge is 0.223 e. The molecule has 1 aliphatic heterocycles. The molecule has 1 aliphatic carbocycles. The highest BCUT2D eigenvalue weighted by atomic mass is 16.5. The highest BCUT2D eigenvalue weighted by Crippen LogP contribution is 2.30. The third-order valence-corrected chi connectivity index (χ3v) is 3.56. The summed E-state index contributed by atoms with van der Waals surface area (Å²) in [5, 5.41) is 12.3. The molecule has 98 valence electrons. The van der Waals surface area contributed by atoms with E-state index >= 15 is 0 Å². The zero-order chi connectivity index (χ0) is 12.3. The number of hydrogen-bond acceptors (Lipinski definition) is 4. The second-order valence-electron chi connectivity index (χ2n) is 5.02. The van der Waals surface area contributed by atoms with Crippen molar-refractivity contribution in [3.63, 3.8) is 0 Å². The predicted molar refractivity (Wildman–Crippen MR) is 63.3 cm³/mol. The quantitative estimate of drug-likeness (QED) is 0.622. The third-order valence-electron chi connectivity index (χ3n) is 3.56. The summed E-state index contributed by atoms with van der Waals surface area (Å²) in [5.74, 6) is 0.324. The molecule has 17 heavy (non-hydrogen) atoms. The van der Waals surface area contributed by atoms with E-state index in [1.165, 1.54) is 0 Å². The Hall–Kier alpha value is -0.650. The van der Waals surface area contributed by atoms with Gasteiger partial charge >= 0.3 is 0 Å². The second-order valence-corrected chi connectivity index (χ2v) is 5.02. The molecule has 0 aromatic rings. The number of amides is 1. The lowest BCUT2D eigenvalue weighted by molar-refractivity contribution is -0.129. The molecule has 1 heterocycles. The summed E-state index contributed by atoms with van der Waals surface area (Å²) in [4.78, 5) is 11.7. The first kappa shape index (κ1) is 12.8. The van der Waals surface area contributed by atoms with E-state index in [0.29, 0.717) is 6.54 Å². The van der Waals surface area contributed by atoms with Crippen LogP contribution in [0.1, 0.15) is 32.1 Å². The molecule has 0 aromatic carbocycles. The minimum Gasteiger partial charge on any atom is -0.394 e. The predicted octanol–water partition coefficient (Wildman–Crippen LogP) is -0.230. The van der Waals surface area contributed by atoms with Gasteiger partial charge in [0.15, 0.2) is 0 Å². The maximum atomic E-state index is 11.7. The van der Waals surface area contributed by atoms with Gasteiger partial charge in [0, 0.05) is 5.92 Å². The van der Waals surface area contributed by atoms with E-state index in [0.717, 1.165) is 32.1 Å². The highest BCUT2D eigenvalue weighted by molar-refractivity contribution is 5.81. The van der Waals surface area contributed by atoms with Crippen LogP contribution in [-0.2, 0) is 9.53 Å². The van der Waals surface area contributed by atoms with E-state index in [1.54, 1.807) is 0 Å². The van der Waals surface area contributed by atoms with Crippen LogP contribution in [0.2, 0.25) is 0 Å². The number of nitrogens with one attached hydrogen (secondary N) is 1. The second kappa shape index (κ2) is 5.80. The molecule has 5 heteroatoms. The first-order valence-electron chi connectivity index (χ1n) is 6.51. The van der Waals surface area contributed by atoms with Gasteiger partial charge in [-0.05, 0) is 38.6 Å². The van der Waals surface area contributed by atoms with Crippen LogP contribution in [0.25, 0.3) is 0 Å². The summed E-state index contributed by atoms with van der Waals surface area (Å²) in [7, 11) is 0. The summed E-state index contributed by atoms with van der Waals surface area (Å²) < 4.78 is 5.74. The lowest BCUT2D eigenvalue weighted by Crippen LogP contribution is -2.51. The molecule has 2 fully saturated rings. The molecule has 2 rings (SSSR count). The van der Waals surface area contributed by atoms with Crippen molar-refractivity contribution < 1.29 is 14.6 Å². The van der Waals surface area contributed by atoms with Crippen LogP contribution in [0, 0.1) is 5.92 Å². The van der Waals surface area contributed by atoms with Crippen LogP contribution >= 0.6 is 0 Å². The van der Waals surface area contributed by atoms with Crippen LogP contribution in [0.15, 0.2) is 0 Å². The van der Waals surface area contributed by atoms with E-state index in [9.17, 15) is 9.90 Å². The van der Waals surface area contributed by atoms with Crippen molar-refractivity contribution in [1.82, 2.24) is 5.32 Å². The van der Waals surface area contributed by atoms with Crippen molar-refractivity contribution in [1.29, 1.82) is 0 Å². The number of hydrogen-bond donors (Lipinski definition) is 3. The zero-order valence-electron chi connectivity index (χ0n) is 10.1. The Morgan fingerprint density at radius 1 is 1.35 bits per heavy atom. The van der Waals surface area contributed by atoms with Gasteiger partial charge in [0.1, 0.15) is 6.10 Å². The first-order valence-corrected chi connectivity index (χ1v) is 6.51. The SMILES string of the molecule is NCC[C@@H]1CC[C@H](NC(=O)C2CC2)[C@H](CO)O1. The van der Waals surface area contributed by atoms with Gasteiger partial charge < -0.3 is 20.9 Å². The van der Waals surface area contributed by atoms with Crippen LogP contribution < -0.4 is 11.1 Å². The Morgan fingerprint density at radius 3 is 2.71 bits per heavy atom. The van der Waals surface area contributed by atoms with E-state index < -0.39 is 0 Å². The Kier molecular flexibility index (Phi) is 4.36. The van der Waals surface area contributed by atoms with Gasteiger partial charge in [0.25, 0.3) is 0 Å². The van der Waals surface area contributed by atoms with Crippen LogP contribution in [0.4, 0.5) is 0 Å². The molecular formula is C12H22N2O3. The van der Waals surface area contributed by atoms with Crippen LogP contribution in [-0.4, -0.2) is 42.4 Å². The number of aliphatic hydroxyl groups excluding tert-OH is 1. The lowest BCUT2D eigenvalue weighted by Gasteiger charge is -2.36. The van der Waals surface area contributed by atoms with E-state index in [-0.39, 0.29) is 36.7 Å². The topological polar surface area (TPSA) is 84.6 Å². The molecule has 1 saturated carbocycles. The third kappa shape index (κ3) is 3.40. The largest absolute Gasteiger partial charge is 0.394 e. The van der Waals surface area contributed by atoms with E-state index in [2.05, 4.69) is 5.32 Å². The fourth-order valence-corrected chi connectivity index (χ4v) is 2.34. The van der Waals surface area contributed by atoms with Crippen molar-refractivity contribution in [3.05, 3.63) is 0 Å². The maximum absolute atomic E-state index is 11.7. The summed E-state index contributed by atoms with van der Waals surface area (Å²) >= 11 is 0. The molecule has 3 atom stereocenters. The lowest BCUT2D eigenvalue weighted by atomic mass is 9.97. The maximum Gasteiger partial charge on any atom is 0.223 e. The fourth-order valence-electron chi connectivity index (χ4n) is 2.34. The minimum atomic E-state index is -0.275. The minimum absolute atomic E-state index is 0.0397. The summed E-state index contributed by atoms with van der Waals surface area (Å²) in [6, 6.07) is -0.0397. The number of carbonyl (C=O) groups excluding carboxylic acids is 1. The Labute approximate surface area is 102 Å². The van der Waals surface area contributed by atoms with E-state index in [4.69, 9.17) is 10.5 Å². The molecule has 0 radical (unpaired) electrons. The molecular weight excluding hydrogens is 220 g/mol. The molecule has 1 amide bonds. The molecule has 0 unspecified atom stereocenters. The Balaban J connectivity index is 1.82. The summed E-state index contributed by atoms with van der Waals surface area (Å²) in [5.41, 5.74) is 5.50. The van der Waals surface area contributed by atoms with Gasteiger partial charge in [-0.2, -0.15) is 0 Å². The number of carbonyl (C=O) groups is 1. The number of nitrogens with two attached hydrogens (primary N) is 1. The van der Waals surface area contributed by atoms with Gasteiger partial charge in [-0.3, -0.25) is 4.79 Å². The molecule has 4 N–H and O–H groups in total. The van der Waals surface area contributed by atoms with Gasteiger partial charge in [-0.1, -0.05) is 0 Å². The van der Waals surface area contributed by atoms with Gasteiger partial charge in [0.05, 0.1) is 18.8 Å². The Bertz CT molecular complexity index is 268. The summed E-state index contributed by atoms with van der Waals surface area (Å²) in [6.45, 7) is 0.554. The van der Waals surface area contributed by atoms with Gasteiger partial charge in [-0.25, -0.2) is 0 Å². The monoisotopic (exact) mass is 242 g/mol. The number of ether oxygens (including phenoxy) is 1. The van der Waals surface area contributed by atoms with Gasteiger partial charge in [-0.15, -0.1) is 0 Å². The normalized spacial score (nSPS) is 33.4. The van der Waals surface area contributed by atoms with Gasteiger partial charge in [0.2, 0.25) is 5.91 Å². The average Bonchev–Trinajstić information content (AvgIpc) is 3.15. The molecule has 2 aliphatic rings. The highest BCUT2D eigenvalue weighted by Gasteiger charge is 2.35. The first-order chi connectivity index (χ1) is 8.24. The standard InChI is InChI=1S/C12H22N2O3/c13-6-5-9-3-4-10(11(7-15)17-9)14-12(16)8-1-2-8/h8-11,15H,1-7,13H2,(H,14,16)/t9-,10-,11-/m0/s1. The molecule has 0 spiro atoms.